The summed E-state index contributed by atoms with van der Waals surface area (Å²) < 4.78 is 65.9. The van der Waals surface area contributed by atoms with E-state index in [0.717, 1.165) is 17.4 Å². The molecule has 2 heterocycles. The molecule has 160 valence electrons. The molecule has 1 aliphatic rings. The number of hydrogen-bond donors (Lipinski definition) is 0. The number of thiazole rings is 1. The fraction of sp³-hybridized carbons (Fsp3) is 0.350. The van der Waals surface area contributed by atoms with Gasteiger partial charge in [0.05, 0.1) is 16.2 Å². The van der Waals surface area contributed by atoms with E-state index in [4.69, 9.17) is 9.47 Å². The fourth-order valence-corrected chi connectivity index (χ4v) is 5.73. The molecule has 1 saturated heterocycles. The van der Waals surface area contributed by atoms with Crippen LogP contribution in [0.25, 0.3) is 10.2 Å². The first kappa shape index (κ1) is 21.0. The highest BCUT2D eigenvalue weighted by Crippen LogP contribution is 2.32. The van der Waals surface area contributed by atoms with Crippen molar-refractivity contribution in [3.05, 3.63) is 48.0 Å². The lowest BCUT2D eigenvalue weighted by molar-refractivity contribution is 0.135. The van der Waals surface area contributed by atoms with Crippen LogP contribution in [0.4, 0.5) is 8.78 Å². The van der Waals surface area contributed by atoms with E-state index >= 15 is 0 Å². The van der Waals surface area contributed by atoms with Crippen LogP contribution < -0.4 is 9.47 Å². The molecule has 0 amide bonds. The molecule has 4 rings (SSSR count). The van der Waals surface area contributed by atoms with Gasteiger partial charge in [0.25, 0.3) is 5.19 Å². The third kappa shape index (κ3) is 4.26. The SMILES string of the molecule is CCOc1ccc(S(=O)(=O)N2CCC(Oc3nc4c(F)cc(F)cc4s3)CC2)cc1. The van der Waals surface area contributed by atoms with Gasteiger partial charge in [0, 0.05) is 19.2 Å². The van der Waals surface area contributed by atoms with E-state index in [1.165, 1.54) is 22.5 Å². The molecule has 0 spiro atoms. The highest BCUT2D eigenvalue weighted by molar-refractivity contribution is 7.89. The fourth-order valence-electron chi connectivity index (χ4n) is 3.34. The van der Waals surface area contributed by atoms with Gasteiger partial charge in [-0.25, -0.2) is 17.2 Å². The Morgan fingerprint density at radius 2 is 1.87 bits per heavy atom. The molecule has 0 saturated carbocycles. The summed E-state index contributed by atoms with van der Waals surface area (Å²) in [4.78, 5) is 4.31. The first-order chi connectivity index (χ1) is 14.4. The van der Waals surface area contributed by atoms with Crippen LogP contribution in [0.2, 0.25) is 0 Å². The Bertz CT molecular complexity index is 1140. The van der Waals surface area contributed by atoms with Crippen molar-refractivity contribution in [2.75, 3.05) is 19.7 Å². The minimum absolute atomic E-state index is 0.0758. The van der Waals surface area contributed by atoms with Crippen molar-refractivity contribution in [1.82, 2.24) is 9.29 Å². The van der Waals surface area contributed by atoms with Gasteiger partial charge in [-0.05, 0) is 50.1 Å². The summed E-state index contributed by atoms with van der Waals surface area (Å²) in [6.07, 6.45) is 0.705. The highest BCUT2D eigenvalue weighted by atomic mass is 32.2. The number of ether oxygens (including phenoxy) is 2. The summed E-state index contributed by atoms with van der Waals surface area (Å²) in [5, 5.41) is 0.252. The summed E-state index contributed by atoms with van der Waals surface area (Å²) in [5.74, 6) is -0.772. The number of rotatable bonds is 6. The van der Waals surface area contributed by atoms with Gasteiger partial charge in [-0.2, -0.15) is 9.29 Å². The van der Waals surface area contributed by atoms with Crippen LogP contribution in [-0.2, 0) is 10.0 Å². The average molecular weight is 455 g/mol. The van der Waals surface area contributed by atoms with Crippen molar-refractivity contribution in [3.8, 4) is 10.9 Å². The molecule has 10 heteroatoms. The van der Waals surface area contributed by atoms with E-state index in [2.05, 4.69) is 4.98 Å². The first-order valence-corrected chi connectivity index (χ1v) is 11.8. The maximum Gasteiger partial charge on any atom is 0.274 e. The van der Waals surface area contributed by atoms with Crippen LogP contribution in [0.3, 0.4) is 0 Å². The smallest absolute Gasteiger partial charge is 0.274 e. The lowest BCUT2D eigenvalue weighted by Gasteiger charge is -2.30. The summed E-state index contributed by atoms with van der Waals surface area (Å²) in [7, 11) is -3.60. The molecule has 1 aliphatic heterocycles. The predicted molar refractivity (Wildman–Crippen MR) is 110 cm³/mol. The lowest BCUT2D eigenvalue weighted by Crippen LogP contribution is -2.41. The van der Waals surface area contributed by atoms with Gasteiger partial charge in [0.2, 0.25) is 10.0 Å². The molecule has 0 bridgehead atoms. The van der Waals surface area contributed by atoms with Crippen molar-refractivity contribution in [3.63, 3.8) is 0 Å². The molecule has 0 atom stereocenters. The highest BCUT2D eigenvalue weighted by Gasteiger charge is 2.30. The molecule has 0 radical (unpaired) electrons. The van der Waals surface area contributed by atoms with Crippen molar-refractivity contribution in [2.24, 2.45) is 0 Å². The zero-order valence-electron chi connectivity index (χ0n) is 16.2. The number of sulfonamides is 1. The first-order valence-electron chi connectivity index (χ1n) is 9.52. The van der Waals surface area contributed by atoms with Gasteiger partial charge in [-0.1, -0.05) is 11.3 Å². The van der Waals surface area contributed by atoms with Gasteiger partial charge < -0.3 is 9.47 Å². The number of aromatic nitrogens is 1. The number of piperidine rings is 1. The Balaban J connectivity index is 1.40. The number of benzene rings is 2. The van der Waals surface area contributed by atoms with Crippen molar-refractivity contribution >= 4 is 31.6 Å². The third-order valence-electron chi connectivity index (χ3n) is 4.83. The standard InChI is InChI=1S/C20H20F2N2O4S2/c1-2-27-14-3-5-16(6-4-14)30(25,26)24-9-7-15(8-10-24)28-20-23-19-17(22)11-13(21)12-18(19)29-20/h3-6,11-12,15H,2,7-10H2,1H3. The summed E-state index contributed by atoms with van der Waals surface area (Å²) in [5.41, 5.74) is 0.0758. The van der Waals surface area contributed by atoms with Gasteiger partial charge in [0.15, 0.2) is 5.82 Å². The van der Waals surface area contributed by atoms with Crippen LogP contribution in [0.1, 0.15) is 19.8 Å². The number of nitrogens with zero attached hydrogens (tertiary/aromatic N) is 2. The Kier molecular flexibility index (Phi) is 5.90. The van der Waals surface area contributed by atoms with Crippen LogP contribution in [0.15, 0.2) is 41.3 Å². The summed E-state index contributed by atoms with van der Waals surface area (Å²) in [6.45, 7) is 2.97. The number of hydrogen-bond acceptors (Lipinski definition) is 6. The zero-order valence-corrected chi connectivity index (χ0v) is 17.8. The van der Waals surface area contributed by atoms with E-state index in [-0.39, 0.29) is 21.7 Å². The number of fused-ring (bicyclic) bond motifs is 1. The van der Waals surface area contributed by atoms with Gasteiger partial charge in [-0.15, -0.1) is 0 Å². The second kappa shape index (κ2) is 8.44. The van der Waals surface area contributed by atoms with Crippen LogP contribution in [0, 0.1) is 11.6 Å². The minimum Gasteiger partial charge on any atom is -0.494 e. The van der Waals surface area contributed by atoms with Gasteiger partial charge >= 0.3 is 0 Å². The molecule has 30 heavy (non-hydrogen) atoms. The monoisotopic (exact) mass is 454 g/mol. The van der Waals surface area contributed by atoms with Gasteiger partial charge in [0.1, 0.15) is 23.2 Å². The van der Waals surface area contributed by atoms with E-state index < -0.39 is 21.7 Å². The van der Waals surface area contributed by atoms with Crippen molar-refractivity contribution < 1.29 is 26.7 Å². The zero-order chi connectivity index (χ0) is 21.3. The molecule has 0 N–H and O–H groups in total. The van der Waals surface area contributed by atoms with E-state index in [1.807, 2.05) is 6.92 Å². The predicted octanol–water partition coefficient (Wildman–Crippen LogP) is 4.21. The largest absolute Gasteiger partial charge is 0.494 e. The second-order valence-electron chi connectivity index (χ2n) is 6.84. The molecule has 0 aliphatic carbocycles. The summed E-state index contributed by atoms with van der Waals surface area (Å²) >= 11 is 1.07. The maximum absolute atomic E-state index is 13.8. The van der Waals surface area contributed by atoms with Crippen molar-refractivity contribution in [1.29, 1.82) is 0 Å². The molecule has 1 aromatic heterocycles. The van der Waals surface area contributed by atoms with E-state index in [1.54, 1.807) is 12.1 Å². The lowest BCUT2D eigenvalue weighted by atomic mass is 10.1. The molecule has 6 nitrogen and oxygen atoms in total. The van der Waals surface area contributed by atoms with Gasteiger partial charge in [-0.3, -0.25) is 0 Å². The Morgan fingerprint density at radius 3 is 2.53 bits per heavy atom. The van der Waals surface area contributed by atoms with Crippen LogP contribution >= 0.6 is 11.3 Å². The van der Waals surface area contributed by atoms with Crippen molar-refractivity contribution in [2.45, 2.75) is 30.8 Å². The topological polar surface area (TPSA) is 68.7 Å². The quantitative estimate of drug-likeness (QED) is 0.558. The molecular formula is C20H20F2N2O4S2. The third-order valence-corrected chi connectivity index (χ3v) is 7.64. The van der Waals surface area contributed by atoms with E-state index in [9.17, 15) is 17.2 Å². The Morgan fingerprint density at radius 1 is 1.17 bits per heavy atom. The average Bonchev–Trinajstić information content (AvgIpc) is 3.12. The number of halogens is 2. The minimum atomic E-state index is -3.60. The van der Waals surface area contributed by atoms with Crippen LogP contribution in [-0.4, -0.2) is 43.5 Å². The summed E-state index contributed by atoms with van der Waals surface area (Å²) in [6, 6.07) is 8.36. The molecule has 2 aromatic carbocycles. The second-order valence-corrected chi connectivity index (χ2v) is 9.77. The van der Waals surface area contributed by atoms with Crippen LogP contribution in [0.5, 0.6) is 10.9 Å². The van der Waals surface area contributed by atoms with E-state index in [0.29, 0.717) is 43.0 Å². The molecule has 3 aromatic rings. The molecule has 0 unspecified atom stereocenters. The molecule has 1 fully saturated rings. The Hall–Kier alpha value is -2.30. The normalized spacial score (nSPS) is 16.1. The Labute approximate surface area is 177 Å². The molecular weight excluding hydrogens is 434 g/mol. The maximum atomic E-state index is 13.8.